The Morgan fingerprint density at radius 1 is 1.10 bits per heavy atom. The zero-order valence-corrected chi connectivity index (χ0v) is 11.8. The number of imide groups is 1. The number of anilines is 1. The normalized spacial score (nSPS) is 14.2. The van der Waals surface area contributed by atoms with Crippen molar-refractivity contribution in [1.82, 2.24) is 4.90 Å². The van der Waals surface area contributed by atoms with Crippen molar-refractivity contribution >= 4 is 17.5 Å². The third-order valence-electron chi connectivity index (χ3n) is 3.95. The first kappa shape index (κ1) is 13.4. The Labute approximate surface area is 123 Å². The summed E-state index contributed by atoms with van der Waals surface area (Å²) in [6.45, 7) is 2.17. The summed E-state index contributed by atoms with van der Waals surface area (Å²) in [6, 6.07) is 12.8. The minimum absolute atomic E-state index is 0.166. The molecule has 0 aromatic heterocycles. The van der Waals surface area contributed by atoms with Crippen LogP contribution < -0.4 is 5.73 Å². The lowest BCUT2D eigenvalue weighted by molar-refractivity contribution is -0.128. The van der Waals surface area contributed by atoms with E-state index in [9.17, 15) is 9.59 Å². The molecule has 3 rings (SSSR count). The first-order valence-electron chi connectivity index (χ1n) is 6.84. The Bertz CT molecular complexity index is 737. The molecule has 1 aliphatic rings. The predicted molar refractivity (Wildman–Crippen MR) is 80.6 cm³/mol. The standard InChI is InChI=1S/C17H16N2O2/c1-11-13(6-4-8-15(11)18)10-19-16(20)9-12-5-2-3-7-14(12)17(19)21/h2-8H,9-10,18H2,1H3. The van der Waals surface area contributed by atoms with Crippen molar-refractivity contribution in [2.45, 2.75) is 19.9 Å². The Morgan fingerprint density at radius 2 is 1.86 bits per heavy atom. The van der Waals surface area contributed by atoms with Gasteiger partial charge in [0.2, 0.25) is 5.91 Å². The highest BCUT2D eigenvalue weighted by Gasteiger charge is 2.30. The van der Waals surface area contributed by atoms with Crippen LogP contribution in [0, 0.1) is 6.92 Å². The summed E-state index contributed by atoms with van der Waals surface area (Å²) in [4.78, 5) is 26.1. The van der Waals surface area contributed by atoms with Crippen LogP contribution in [0.2, 0.25) is 0 Å². The number of nitrogen functional groups attached to an aromatic ring is 1. The second-order valence-corrected chi connectivity index (χ2v) is 5.25. The number of amides is 2. The van der Waals surface area contributed by atoms with Crippen molar-refractivity contribution in [3.8, 4) is 0 Å². The minimum atomic E-state index is -0.233. The van der Waals surface area contributed by atoms with Gasteiger partial charge in [0.25, 0.3) is 5.91 Å². The fourth-order valence-corrected chi connectivity index (χ4v) is 2.61. The highest BCUT2D eigenvalue weighted by atomic mass is 16.2. The summed E-state index contributed by atoms with van der Waals surface area (Å²) in [7, 11) is 0. The van der Waals surface area contributed by atoms with Gasteiger partial charge in [-0.1, -0.05) is 30.3 Å². The molecule has 4 heteroatoms. The largest absolute Gasteiger partial charge is 0.399 e. The van der Waals surface area contributed by atoms with Gasteiger partial charge in [0.1, 0.15) is 0 Å². The maximum atomic E-state index is 12.5. The molecular weight excluding hydrogens is 264 g/mol. The SMILES string of the molecule is Cc1c(N)cccc1CN1C(=O)Cc2ccccc2C1=O. The molecule has 0 saturated heterocycles. The van der Waals surface area contributed by atoms with Crippen LogP contribution in [0.15, 0.2) is 42.5 Å². The summed E-state index contributed by atoms with van der Waals surface area (Å²) < 4.78 is 0. The van der Waals surface area contributed by atoms with Gasteiger partial charge in [-0.3, -0.25) is 14.5 Å². The third kappa shape index (κ3) is 2.29. The fourth-order valence-electron chi connectivity index (χ4n) is 2.61. The number of benzene rings is 2. The van der Waals surface area contributed by atoms with Gasteiger partial charge in [0.05, 0.1) is 13.0 Å². The van der Waals surface area contributed by atoms with E-state index in [0.29, 0.717) is 11.3 Å². The molecule has 0 aliphatic carbocycles. The number of nitrogens with two attached hydrogens (primary N) is 1. The van der Waals surface area contributed by atoms with E-state index in [2.05, 4.69) is 0 Å². The van der Waals surface area contributed by atoms with Crippen molar-refractivity contribution in [3.63, 3.8) is 0 Å². The van der Waals surface area contributed by atoms with Gasteiger partial charge in [-0.2, -0.15) is 0 Å². The van der Waals surface area contributed by atoms with E-state index in [1.165, 1.54) is 4.90 Å². The smallest absolute Gasteiger partial charge is 0.261 e. The summed E-state index contributed by atoms with van der Waals surface area (Å²) in [5, 5.41) is 0. The minimum Gasteiger partial charge on any atom is -0.399 e. The van der Waals surface area contributed by atoms with Crippen LogP contribution in [0.1, 0.15) is 27.0 Å². The third-order valence-corrected chi connectivity index (χ3v) is 3.95. The number of hydrogen-bond acceptors (Lipinski definition) is 3. The summed E-state index contributed by atoms with van der Waals surface area (Å²) in [5.74, 6) is -0.399. The molecule has 2 N–H and O–H groups in total. The molecule has 4 nitrogen and oxygen atoms in total. The number of carbonyl (C=O) groups excluding carboxylic acids is 2. The molecule has 0 saturated carbocycles. The van der Waals surface area contributed by atoms with Crippen LogP contribution in [0.3, 0.4) is 0 Å². The van der Waals surface area contributed by atoms with E-state index < -0.39 is 0 Å². The van der Waals surface area contributed by atoms with Crippen LogP contribution in [0.4, 0.5) is 5.69 Å². The Balaban J connectivity index is 1.95. The molecule has 0 unspecified atom stereocenters. The van der Waals surface area contributed by atoms with Crippen LogP contribution in [0.25, 0.3) is 0 Å². The number of hydrogen-bond donors (Lipinski definition) is 1. The van der Waals surface area contributed by atoms with Gasteiger partial charge in [0.15, 0.2) is 0 Å². The average Bonchev–Trinajstić information content (AvgIpc) is 2.47. The van der Waals surface area contributed by atoms with Gasteiger partial charge in [-0.25, -0.2) is 0 Å². The number of carbonyl (C=O) groups is 2. The molecule has 1 heterocycles. The summed E-state index contributed by atoms with van der Waals surface area (Å²) in [6.07, 6.45) is 0.267. The van der Waals surface area contributed by atoms with Gasteiger partial charge in [-0.05, 0) is 35.7 Å². The van der Waals surface area contributed by atoms with E-state index in [1.54, 1.807) is 6.07 Å². The van der Waals surface area contributed by atoms with E-state index in [-0.39, 0.29) is 24.8 Å². The van der Waals surface area contributed by atoms with Gasteiger partial charge in [0, 0.05) is 11.3 Å². The molecule has 1 aliphatic heterocycles. The Morgan fingerprint density at radius 3 is 2.67 bits per heavy atom. The zero-order chi connectivity index (χ0) is 15.0. The zero-order valence-electron chi connectivity index (χ0n) is 11.8. The average molecular weight is 280 g/mol. The quantitative estimate of drug-likeness (QED) is 0.678. The fraction of sp³-hybridized carbons (Fsp3) is 0.176. The van der Waals surface area contributed by atoms with Crippen molar-refractivity contribution in [1.29, 1.82) is 0 Å². The highest BCUT2D eigenvalue weighted by Crippen LogP contribution is 2.23. The maximum absolute atomic E-state index is 12.5. The molecule has 21 heavy (non-hydrogen) atoms. The molecule has 2 aromatic carbocycles. The molecule has 0 spiro atoms. The van der Waals surface area contributed by atoms with E-state index >= 15 is 0 Å². The molecule has 2 aromatic rings. The molecule has 0 atom stereocenters. The summed E-state index contributed by atoms with van der Waals surface area (Å²) >= 11 is 0. The molecular formula is C17H16N2O2. The van der Waals surface area contributed by atoms with Gasteiger partial charge < -0.3 is 5.73 Å². The van der Waals surface area contributed by atoms with Crippen molar-refractivity contribution in [3.05, 3.63) is 64.7 Å². The van der Waals surface area contributed by atoms with Crippen LogP contribution in [-0.4, -0.2) is 16.7 Å². The monoisotopic (exact) mass is 280 g/mol. The molecule has 2 amide bonds. The maximum Gasteiger partial charge on any atom is 0.261 e. The second kappa shape index (κ2) is 5.05. The van der Waals surface area contributed by atoms with Crippen LogP contribution in [0.5, 0.6) is 0 Å². The van der Waals surface area contributed by atoms with E-state index in [4.69, 9.17) is 5.73 Å². The van der Waals surface area contributed by atoms with E-state index in [1.807, 2.05) is 43.3 Å². The summed E-state index contributed by atoms with van der Waals surface area (Å²) in [5.41, 5.74) is 9.78. The van der Waals surface area contributed by atoms with E-state index in [0.717, 1.165) is 16.7 Å². The van der Waals surface area contributed by atoms with Crippen LogP contribution in [-0.2, 0) is 17.8 Å². The first-order chi connectivity index (χ1) is 10.1. The predicted octanol–water partition coefficient (Wildman–Crippen LogP) is 2.30. The second-order valence-electron chi connectivity index (χ2n) is 5.25. The lowest BCUT2D eigenvalue weighted by Crippen LogP contribution is -2.41. The lowest BCUT2D eigenvalue weighted by atomic mass is 9.97. The van der Waals surface area contributed by atoms with Gasteiger partial charge in [-0.15, -0.1) is 0 Å². The molecule has 0 bridgehead atoms. The van der Waals surface area contributed by atoms with Crippen LogP contribution >= 0.6 is 0 Å². The molecule has 0 fully saturated rings. The number of rotatable bonds is 2. The Kier molecular flexibility index (Phi) is 3.22. The topological polar surface area (TPSA) is 63.4 Å². The van der Waals surface area contributed by atoms with Crippen molar-refractivity contribution in [2.24, 2.45) is 0 Å². The van der Waals surface area contributed by atoms with Crippen molar-refractivity contribution < 1.29 is 9.59 Å². The van der Waals surface area contributed by atoms with Gasteiger partial charge >= 0.3 is 0 Å². The lowest BCUT2D eigenvalue weighted by Gasteiger charge is -2.27. The number of nitrogens with zero attached hydrogens (tertiary/aromatic N) is 1. The highest BCUT2D eigenvalue weighted by molar-refractivity contribution is 6.09. The van der Waals surface area contributed by atoms with Crippen molar-refractivity contribution in [2.75, 3.05) is 5.73 Å². The first-order valence-corrected chi connectivity index (χ1v) is 6.84. The Hall–Kier alpha value is -2.62. The number of fused-ring (bicyclic) bond motifs is 1. The molecule has 0 radical (unpaired) electrons. The molecule has 106 valence electrons.